The van der Waals surface area contributed by atoms with Crippen molar-refractivity contribution in [2.75, 3.05) is 0 Å². The van der Waals surface area contributed by atoms with Gasteiger partial charge >= 0.3 is 5.97 Å². The van der Waals surface area contributed by atoms with Gasteiger partial charge in [-0.1, -0.05) is 18.2 Å². The molecule has 0 saturated carbocycles. The van der Waals surface area contributed by atoms with Gasteiger partial charge in [0.1, 0.15) is 23.9 Å². The maximum atomic E-state index is 12.8. The lowest BCUT2D eigenvalue weighted by Crippen LogP contribution is -2.24. The summed E-state index contributed by atoms with van der Waals surface area (Å²) in [4.78, 5) is 10.9. The maximum Gasteiger partial charge on any atom is 0.345 e. The Morgan fingerprint density at radius 1 is 1.29 bits per heavy atom. The number of hydrogen-bond acceptors (Lipinski definition) is 3. The van der Waals surface area contributed by atoms with E-state index >= 15 is 0 Å². The second kappa shape index (κ2) is 5.44. The standard InChI is InChI=1S/C16H13FO4/c17-12-4-1-10(2-5-12)9-20-13-6-3-11-7-15(16(18)19)21-14(11)8-13/h1-6,8,15H,7,9H2,(H,18,19). The molecule has 5 heteroatoms. The number of hydrogen-bond donors (Lipinski definition) is 1. The lowest BCUT2D eigenvalue weighted by Gasteiger charge is -2.08. The number of carboxylic acid groups (broad SMARTS) is 1. The van der Waals surface area contributed by atoms with Crippen molar-refractivity contribution in [3.05, 3.63) is 59.4 Å². The third-order valence-electron chi connectivity index (χ3n) is 3.31. The number of fused-ring (bicyclic) bond motifs is 1. The zero-order valence-corrected chi connectivity index (χ0v) is 11.1. The fraction of sp³-hybridized carbons (Fsp3) is 0.188. The van der Waals surface area contributed by atoms with Gasteiger partial charge in [-0.3, -0.25) is 0 Å². The van der Waals surface area contributed by atoms with Gasteiger partial charge < -0.3 is 14.6 Å². The SMILES string of the molecule is O=C(O)C1Cc2ccc(OCc3ccc(F)cc3)cc2O1. The van der Waals surface area contributed by atoms with Crippen molar-refractivity contribution in [3.63, 3.8) is 0 Å². The first-order valence-electron chi connectivity index (χ1n) is 6.51. The summed E-state index contributed by atoms with van der Waals surface area (Å²) in [5.41, 5.74) is 1.71. The Morgan fingerprint density at radius 2 is 2.05 bits per heavy atom. The number of carbonyl (C=O) groups is 1. The molecule has 4 nitrogen and oxygen atoms in total. The highest BCUT2D eigenvalue weighted by atomic mass is 19.1. The van der Waals surface area contributed by atoms with E-state index in [1.165, 1.54) is 12.1 Å². The largest absolute Gasteiger partial charge is 0.489 e. The van der Waals surface area contributed by atoms with Crippen LogP contribution in [-0.4, -0.2) is 17.2 Å². The lowest BCUT2D eigenvalue weighted by molar-refractivity contribution is -0.144. The van der Waals surface area contributed by atoms with E-state index in [1.807, 2.05) is 0 Å². The zero-order chi connectivity index (χ0) is 14.8. The van der Waals surface area contributed by atoms with Crippen molar-refractivity contribution < 1.29 is 23.8 Å². The smallest absolute Gasteiger partial charge is 0.345 e. The van der Waals surface area contributed by atoms with Crippen molar-refractivity contribution in [1.82, 2.24) is 0 Å². The van der Waals surface area contributed by atoms with E-state index in [0.717, 1.165) is 11.1 Å². The van der Waals surface area contributed by atoms with E-state index in [4.69, 9.17) is 14.6 Å². The Labute approximate surface area is 120 Å². The fourth-order valence-electron chi connectivity index (χ4n) is 2.18. The van der Waals surface area contributed by atoms with Gasteiger partial charge in [-0.2, -0.15) is 0 Å². The van der Waals surface area contributed by atoms with Crippen molar-refractivity contribution in [2.45, 2.75) is 19.1 Å². The van der Waals surface area contributed by atoms with Crippen LogP contribution < -0.4 is 9.47 Å². The third kappa shape index (κ3) is 2.97. The normalized spacial score (nSPS) is 16.1. The molecule has 21 heavy (non-hydrogen) atoms. The molecule has 1 heterocycles. The molecule has 0 aliphatic carbocycles. The van der Waals surface area contributed by atoms with Crippen LogP contribution in [0, 0.1) is 5.82 Å². The van der Waals surface area contributed by atoms with Crippen molar-refractivity contribution in [2.24, 2.45) is 0 Å². The molecule has 2 aromatic carbocycles. The van der Waals surface area contributed by atoms with E-state index in [1.54, 1.807) is 30.3 Å². The second-order valence-corrected chi connectivity index (χ2v) is 4.83. The predicted molar refractivity (Wildman–Crippen MR) is 72.9 cm³/mol. The highest BCUT2D eigenvalue weighted by Gasteiger charge is 2.28. The van der Waals surface area contributed by atoms with Gasteiger partial charge in [0.25, 0.3) is 0 Å². The molecule has 108 valence electrons. The molecule has 0 aromatic heterocycles. The number of aliphatic carboxylic acids is 1. The van der Waals surface area contributed by atoms with Crippen LogP contribution in [-0.2, 0) is 17.8 Å². The van der Waals surface area contributed by atoms with Crippen LogP contribution in [0.25, 0.3) is 0 Å². The van der Waals surface area contributed by atoms with Gasteiger partial charge in [0.15, 0.2) is 6.10 Å². The minimum atomic E-state index is -0.972. The molecule has 1 atom stereocenters. The fourth-order valence-corrected chi connectivity index (χ4v) is 2.18. The van der Waals surface area contributed by atoms with Gasteiger partial charge in [0.05, 0.1) is 0 Å². The monoisotopic (exact) mass is 288 g/mol. The highest BCUT2D eigenvalue weighted by Crippen LogP contribution is 2.32. The molecule has 1 aliphatic rings. The quantitative estimate of drug-likeness (QED) is 0.940. The Kier molecular flexibility index (Phi) is 3.48. The summed E-state index contributed by atoms with van der Waals surface area (Å²) >= 11 is 0. The molecule has 0 amide bonds. The summed E-state index contributed by atoms with van der Waals surface area (Å²) in [5, 5.41) is 8.94. The van der Waals surface area contributed by atoms with Crippen LogP contribution in [0.15, 0.2) is 42.5 Å². The molecule has 3 rings (SSSR count). The minimum absolute atomic E-state index is 0.288. The summed E-state index contributed by atoms with van der Waals surface area (Å²) in [6.07, 6.45) is -0.463. The Bertz CT molecular complexity index is 666. The first-order valence-corrected chi connectivity index (χ1v) is 6.51. The van der Waals surface area contributed by atoms with Crippen molar-refractivity contribution in [1.29, 1.82) is 0 Å². The van der Waals surface area contributed by atoms with E-state index < -0.39 is 12.1 Å². The molecule has 0 saturated heterocycles. The second-order valence-electron chi connectivity index (χ2n) is 4.83. The summed E-state index contributed by atoms with van der Waals surface area (Å²) in [6.45, 7) is 0.307. The van der Waals surface area contributed by atoms with Crippen LogP contribution >= 0.6 is 0 Å². The van der Waals surface area contributed by atoms with Gasteiger partial charge in [0, 0.05) is 12.5 Å². The molecule has 0 radical (unpaired) electrons. The average molecular weight is 288 g/mol. The molecule has 1 N–H and O–H groups in total. The molecule has 2 aromatic rings. The molecular formula is C16H13FO4. The van der Waals surface area contributed by atoms with Crippen LogP contribution in [0.4, 0.5) is 4.39 Å². The number of benzene rings is 2. The number of carboxylic acids is 1. The predicted octanol–water partition coefficient (Wildman–Crippen LogP) is 2.79. The molecule has 0 bridgehead atoms. The van der Waals surface area contributed by atoms with Crippen molar-refractivity contribution >= 4 is 5.97 Å². The molecule has 1 aliphatic heterocycles. The van der Waals surface area contributed by atoms with Gasteiger partial charge in [0.2, 0.25) is 0 Å². The van der Waals surface area contributed by atoms with Crippen LogP contribution in [0.1, 0.15) is 11.1 Å². The summed E-state index contributed by atoms with van der Waals surface area (Å²) in [5.74, 6) is -0.132. The topological polar surface area (TPSA) is 55.8 Å². The molecular weight excluding hydrogens is 275 g/mol. The number of ether oxygens (including phenoxy) is 2. The molecule has 0 spiro atoms. The van der Waals surface area contributed by atoms with Gasteiger partial charge in [-0.05, 0) is 29.3 Å². The van der Waals surface area contributed by atoms with Crippen LogP contribution in [0.5, 0.6) is 11.5 Å². The third-order valence-corrected chi connectivity index (χ3v) is 3.31. The highest BCUT2D eigenvalue weighted by molar-refractivity contribution is 5.74. The molecule has 0 fully saturated rings. The van der Waals surface area contributed by atoms with E-state index in [-0.39, 0.29) is 5.82 Å². The van der Waals surface area contributed by atoms with Crippen LogP contribution in [0.2, 0.25) is 0 Å². The van der Waals surface area contributed by atoms with E-state index in [0.29, 0.717) is 24.5 Å². The van der Waals surface area contributed by atoms with Crippen molar-refractivity contribution in [3.8, 4) is 11.5 Å². The minimum Gasteiger partial charge on any atom is -0.489 e. The Hall–Kier alpha value is -2.56. The van der Waals surface area contributed by atoms with Gasteiger partial charge in [-0.25, -0.2) is 9.18 Å². The summed E-state index contributed by atoms with van der Waals surface area (Å²) < 4.78 is 23.7. The number of halogens is 1. The Morgan fingerprint density at radius 3 is 2.76 bits per heavy atom. The first-order chi connectivity index (χ1) is 10.1. The summed E-state index contributed by atoms with van der Waals surface area (Å²) in [7, 11) is 0. The number of rotatable bonds is 4. The van der Waals surface area contributed by atoms with E-state index in [9.17, 15) is 9.18 Å². The first kappa shape index (κ1) is 13.4. The zero-order valence-electron chi connectivity index (χ0n) is 11.1. The average Bonchev–Trinajstić information content (AvgIpc) is 2.90. The van der Waals surface area contributed by atoms with Gasteiger partial charge in [-0.15, -0.1) is 0 Å². The van der Waals surface area contributed by atoms with E-state index in [2.05, 4.69) is 0 Å². The van der Waals surface area contributed by atoms with Crippen LogP contribution in [0.3, 0.4) is 0 Å². The molecule has 1 unspecified atom stereocenters. The maximum absolute atomic E-state index is 12.8. The lowest BCUT2D eigenvalue weighted by atomic mass is 10.1. The Balaban J connectivity index is 1.67. The summed E-state index contributed by atoms with van der Waals surface area (Å²) in [6, 6.07) is 11.3.